The largest absolute Gasteiger partial charge is 0.480 e. The molecular weight excluding hydrogens is 474 g/mol. The van der Waals surface area contributed by atoms with Crippen LogP contribution in [0, 0.1) is 5.92 Å². The fourth-order valence-electron chi connectivity index (χ4n) is 3.21. The zero-order chi connectivity index (χ0) is 27.3. The molecular formula is C21H37N9O6. The van der Waals surface area contributed by atoms with Gasteiger partial charge in [0.1, 0.15) is 18.1 Å². The van der Waals surface area contributed by atoms with Crippen molar-refractivity contribution in [1.29, 1.82) is 0 Å². The maximum atomic E-state index is 12.9. The molecule has 36 heavy (non-hydrogen) atoms. The van der Waals surface area contributed by atoms with Gasteiger partial charge < -0.3 is 48.3 Å². The molecule has 4 unspecified atom stereocenters. The van der Waals surface area contributed by atoms with Gasteiger partial charge in [-0.25, -0.2) is 9.78 Å². The maximum absolute atomic E-state index is 12.9. The molecule has 12 N–H and O–H groups in total. The van der Waals surface area contributed by atoms with Crippen LogP contribution in [0.15, 0.2) is 17.5 Å². The van der Waals surface area contributed by atoms with Crippen LogP contribution in [0.2, 0.25) is 0 Å². The van der Waals surface area contributed by atoms with Crippen LogP contribution in [0.5, 0.6) is 0 Å². The molecule has 0 radical (unpaired) electrons. The van der Waals surface area contributed by atoms with Gasteiger partial charge >= 0.3 is 5.97 Å². The summed E-state index contributed by atoms with van der Waals surface area (Å²) in [4.78, 5) is 60.1. The first-order valence-electron chi connectivity index (χ1n) is 11.5. The normalized spacial score (nSPS) is 14.2. The number of aliphatic hydroxyl groups is 1. The third-order valence-corrected chi connectivity index (χ3v) is 5.05. The molecule has 0 spiro atoms. The quantitative estimate of drug-likeness (QED) is 0.0613. The Morgan fingerprint density at radius 1 is 1.06 bits per heavy atom. The Morgan fingerprint density at radius 3 is 2.19 bits per heavy atom. The summed E-state index contributed by atoms with van der Waals surface area (Å²) in [7, 11) is 0. The Morgan fingerprint density at radius 2 is 1.67 bits per heavy atom. The number of aromatic nitrogens is 2. The summed E-state index contributed by atoms with van der Waals surface area (Å²) in [5.41, 5.74) is 17.2. The lowest BCUT2D eigenvalue weighted by Gasteiger charge is -2.24. The van der Waals surface area contributed by atoms with Crippen molar-refractivity contribution in [3.8, 4) is 0 Å². The molecule has 1 rings (SSSR count). The van der Waals surface area contributed by atoms with E-state index in [0.717, 1.165) is 0 Å². The fraction of sp³-hybridized carbons (Fsp3) is 0.619. The van der Waals surface area contributed by atoms with E-state index < -0.39 is 54.5 Å². The number of guanidine groups is 1. The molecule has 1 aromatic heterocycles. The van der Waals surface area contributed by atoms with Gasteiger partial charge in [-0.2, -0.15) is 0 Å². The number of carbonyl (C=O) groups excluding carboxylic acids is 3. The SMILES string of the molecule is CC(C)CC(NC(=O)C(CO)NC(=O)C(CCCN=C(N)N)NC(=O)C(N)Cc1cnc[nH]1)C(=O)O. The zero-order valence-corrected chi connectivity index (χ0v) is 20.4. The molecule has 0 aliphatic heterocycles. The highest BCUT2D eigenvalue weighted by Crippen LogP contribution is 2.06. The van der Waals surface area contributed by atoms with Gasteiger partial charge in [-0.05, 0) is 25.2 Å². The number of hydrogen-bond acceptors (Lipinski definition) is 8. The molecule has 0 aliphatic carbocycles. The van der Waals surface area contributed by atoms with Crippen molar-refractivity contribution < 1.29 is 29.4 Å². The smallest absolute Gasteiger partial charge is 0.326 e. The van der Waals surface area contributed by atoms with Gasteiger partial charge in [0.15, 0.2) is 5.96 Å². The number of hydrogen-bond donors (Lipinski definition) is 9. The van der Waals surface area contributed by atoms with Gasteiger partial charge in [0.2, 0.25) is 17.7 Å². The minimum atomic E-state index is -1.44. The number of amides is 3. The number of carboxylic acids is 1. The van der Waals surface area contributed by atoms with Gasteiger partial charge in [0.05, 0.1) is 19.0 Å². The number of carboxylic acid groups (broad SMARTS) is 1. The highest BCUT2D eigenvalue weighted by atomic mass is 16.4. The highest BCUT2D eigenvalue weighted by molar-refractivity contribution is 5.94. The minimum Gasteiger partial charge on any atom is -0.480 e. The number of imidazole rings is 1. The number of aromatic amines is 1. The van der Waals surface area contributed by atoms with Crippen molar-refractivity contribution in [3.63, 3.8) is 0 Å². The summed E-state index contributed by atoms with van der Waals surface area (Å²) in [6.07, 6.45) is 3.65. The molecule has 15 heteroatoms. The maximum Gasteiger partial charge on any atom is 0.326 e. The predicted octanol–water partition coefficient (Wildman–Crippen LogP) is -3.09. The molecule has 15 nitrogen and oxygen atoms in total. The number of nitrogens with two attached hydrogens (primary N) is 3. The van der Waals surface area contributed by atoms with Crippen molar-refractivity contribution in [2.24, 2.45) is 28.1 Å². The average Bonchev–Trinajstić information content (AvgIpc) is 3.30. The van der Waals surface area contributed by atoms with Crippen LogP contribution in [-0.2, 0) is 25.6 Å². The first kappa shape index (κ1) is 30.3. The number of aliphatic hydroxyl groups excluding tert-OH is 1. The lowest BCUT2D eigenvalue weighted by atomic mass is 10.0. The van der Waals surface area contributed by atoms with Crippen LogP contribution >= 0.6 is 0 Å². The Labute approximate surface area is 208 Å². The Hall–Kier alpha value is -3.72. The summed E-state index contributed by atoms with van der Waals surface area (Å²) in [6.45, 7) is 2.97. The first-order chi connectivity index (χ1) is 16.9. The molecule has 202 valence electrons. The first-order valence-corrected chi connectivity index (χ1v) is 11.5. The van der Waals surface area contributed by atoms with Crippen molar-refractivity contribution in [2.75, 3.05) is 13.2 Å². The predicted molar refractivity (Wildman–Crippen MR) is 130 cm³/mol. The standard InChI is InChI=1S/C21H37N9O6/c1-11(2)6-15(20(35)36)29-19(34)16(9-31)30-18(33)14(4-3-5-26-21(23)24)28-17(32)13(22)7-12-8-25-10-27-12/h8,10-11,13-16,31H,3-7,9,22H2,1-2H3,(H,25,27)(H,28,32)(H,29,34)(H,30,33)(H,35,36)(H4,23,24,26). The molecule has 0 saturated heterocycles. The van der Waals surface area contributed by atoms with E-state index in [9.17, 15) is 29.4 Å². The molecule has 1 aromatic rings. The molecule has 0 saturated carbocycles. The van der Waals surface area contributed by atoms with Gasteiger partial charge in [-0.1, -0.05) is 13.8 Å². The van der Waals surface area contributed by atoms with Crippen molar-refractivity contribution in [1.82, 2.24) is 25.9 Å². The van der Waals surface area contributed by atoms with Crippen molar-refractivity contribution in [2.45, 2.75) is 63.7 Å². The molecule has 1 heterocycles. The second-order valence-corrected chi connectivity index (χ2v) is 8.67. The lowest BCUT2D eigenvalue weighted by molar-refractivity contribution is -0.143. The number of carbonyl (C=O) groups is 4. The molecule has 0 bridgehead atoms. The summed E-state index contributed by atoms with van der Waals surface area (Å²) in [6, 6.07) is -4.77. The molecule has 4 atom stereocenters. The lowest BCUT2D eigenvalue weighted by Crippen LogP contribution is -2.58. The number of nitrogens with one attached hydrogen (secondary N) is 4. The van der Waals surface area contributed by atoms with Gasteiger partial charge in [0, 0.05) is 24.9 Å². The summed E-state index contributed by atoms with van der Waals surface area (Å²) in [5.74, 6) is -3.67. The van der Waals surface area contributed by atoms with Gasteiger partial charge in [0.25, 0.3) is 0 Å². The molecule has 0 aliphatic rings. The van der Waals surface area contributed by atoms with E-state index in [2.05, 4.69) is 30.9 Å². The van der Waals surface area contributed by atoms with Crippen LogP contribution in [0.25, 0.3) is 0 Å². The van der Waals surface area contributed by atoms with Crippen LogP contribution in [0.4, 0.5) is 0 Å². The van der Waals surface area contributed by atoms with E-state index in [1.165, 1.54) is 12.5 Å². The summed E-state index contributed by atoms with van der Waals surface area (Å²) >= 11 is 0. The Balaban J connectivity index is 2.88. The van der Waals surface area contributed by atoms with Crippen molar-refractivity contribution >= 4 is 29.7 Å². The zero-order valence-electron chi connectivity index (χ0n) is 20.4. The Kier molecular flexibility index (Phi) is 12.9. The third-order valence-electron chi connectivity index (χ3n) is 5.05. The van der Waals surface area contributed by atoms with Gasteiger partial charge in [-0.15, -0.1) is 0 Å². The second-order valence-electron chi connectivity index (χ2n) is 8.67. The van der Waals surface area contributed by atoms with E-state index >= 15 is 0 Å². The van der Waals surface area contributed by atoms with Gasteiger partial charge in [-0.3, -0.25) is 19.4 Å². The van der Waals surface area contributed by atoms with Crippen LogP contribution in [0.1, 0.15) is 38.8 Å². The monoisotopic (exact) mass is 511 g/mol. The number of nitrogens with zero attached hydrogens (tertiary/aromatic N) is 2. The Bertz CT molecular complexity index is 886. The fourth-order valence-corrected chi connectivity index (χ4v) is 3.21. The molecule has 0 fully saturated rings. The number of aliphatic imine (C=N–C) groups is 1. The number of H-pyrrole nitrogens is 1. The van der Waals surface area contributed by atoms with Crippen LogP contribution in [0.3, 0.4) is 0 Å². The highest BCUT2D eigenvalue weighted by Gasteiger charge is 2.30. The minimum absolute atomic E-state index is 0.0238. The number of aliphatic carboxylic acids is 1. The molecule has 3 amide bonds. The van der Waals surface area contributed by atoms with E-state index in [-0.39, 0.29) is 37.7 Å². The summed E-state index contributed by atoms with van der Waals surface area (Å²) in [5, 5.41) is 26.2. The van der Waals surface area contributed by atoms with E-state index in [1.807, 2.05) is 0 Å². The van der Waals surface area contributed by atoms with E-state index in [4.69, 9.17) is 17.2 Å². The van der Waals surface area contributed by atoms with Crippen LogP contribution in [-0.4, -0.2) is 87.2 Å². The average molecular weight is 512 g/mol. The number of rotatable bonds is 16. The van der Waals surface area contributed by atoms with Crippen molar-refractivity contribution in [3.05, 3.63) is 18.2 Å². The summed E-state index contributed by atoms with van der Waals surface area (Å²) < 4.78 is 0. The molecule has 0 aromatic carbocycles. The van der Waals surface area contributed by atoms with Crippen LogP contribution < -0.4 is 33.2 Å². The topological polar surface area (TPSA) is 264 Å². The second kappa shape index (κ2) is 15.3. The van der Waals surface area contributed by atoms with E-state index in [0.29, 0.717) is 12.1 Å². The van der Waals surface area contributed by atoms with E-state index in [1.54, 1.807) is 13.8 Å². The third kappa shape index (κ3) is 11.1.